The van der Waals surface area contributed by atoms with E-state index in [2.05, 4.69) is 0 Å². The summed E-state index contributed by atoms with van der Waals surface area (Å²) < 4.78 is 0. The molecule has 0 saturated carbocycles. The maximum absolute atomic E-state index is 0. The Bertz CT molecular complexity index is 20.1. The summed E-state index contributed by atoms with van der Waals surface area (Å²) in [5.41, 5.74) is 0. The minimum Gasteiger partial charge on any atom is -1.00 e. The van der Waals surface area contributed by atoms with Crippen molar-refractivity contribution < 1.29 is 86.7 Å². The fraction of sp³-hybridized carbons (Fsp3) is 1.00. The average molecular weight is 140 g/mol. The van der Waals surface area contributed by atoms with Gasteiger partial charge in [0.2, 0.25) is 0 Å². The normalized spacial score (nSPS) is 0. The van der Waals surface area contributed by atoms with Gasteiger partial charge in [-0.3, -0.25) is 0 Å². The van der Waals surface area contributed by atoms with Crippen molar-refractivity contribution in [1.82, 2.24) is 0 Å². The van der Waals surface area contributed by atoms with Crippen LogP contribution in [0, 0.1) is 0 Å². The molecule has 0 atom stereocenters. The Hall–Kier alpha value is 1.84. The molecule has 48 valence electrons. The molecule has 7 N–H and O–H groups in total. The van der Waals surface area contributed by atoms with Crippen LogP contribution in [0.25, 0.3) is 0 Å². The minimum absolute atomic E-state index is 0. The molecule has 0 aromatic rings. The van der Waals surface area contributed by atoms with Gasteiger partial charge in [-0.15, -0.1) is 0 Å². The van der Waals surface area contributed by atoms with E-state index in [0.717, 1.165) is 0 Å². The van der Waals surface area contributed by atoms with Crippen LogP contribution in [0.15, 0.2) is 0 Å². The smallest absolute Gasteiger partial charge is 1.00 e. The van der Waals surface area contributed by atoms with Crippen molar-refractivity contribution in [3.8, 4) is 0 Å². The van der Waals surface area contributed by atoms with Crippen LogP contribution < -0.4 is 59.1 Å². The third kappa shape index (κ3) is 79.0. The Morgan fingerprint density at radius 2 is 0.857 bits per heavy atom. The van der Waals surface area contributed by atoms with Crippen molar-refractivity contribution >= 4 is 0 Å². The van der Waals surface area contributed by atoms with E-state index in [9.17, 15) is 0 Å². The predicted octanol–water partition coefficient (Wildman–Crippen LogP) is -7.16. The molecule has 7 heavy (non-hydrogen) atoms. The van der Waals surface area contributed by atoms with Crippen molar-refractivity contribution in [3.63, 3.8) is 0 Å². The van der Waals surface area contributed by atoms with Gasteiger partial charge in [0, 0.05) is 4.28 Å². The molecule has 0 aliphatic carbocycles. The van der Waals surface area contributed by atoms with E-state index in [1.165, 1.54) is 0 Å². The number of hydrogen-bond donors (Lipinski definition) is 0. The van der Waals surface area contributed by atoms with E-state index in [0.29, 0.717) is 0 Å². The van der Waals surface area contributed by atoms with E-state index in [4.69, 9.17) is 0 Å². The van der Waals surface area contributed by atoms with Gasteiger partial charge in [-0.05, 0) is 0 Å². The SMILES string of the molecule is C.O.O.O.[H-].[HH].[HH].[HH].[Na+].[Na+].[OH-]. The zero-order valence-corrected chi connectivity index (χ0v) is 7.95. The molecular formula is CH18Na2O4. The van der Waals surface area contributed by atoms with Crippen LogP contribution in [0.5, 0.6) is 0 Å². The molecule has 0 amide bonds. The Labute approximate surface area is 93.4 Å². The topological polar surface area (TPSA) is 124 Å². The Morgan fingerprint density at radius 3 is 0.857 bits per heavy atom. The summed E-state index contributed by atoms with van der Waals surface area (Å²) >= 11 is 0. The predicted molar refractivity (Wildman–Crippen MR) is 27.0 cm³/mol. The first-order valence-electron chi connectivity index (χ1n) is 0. The molecule has 6 heteroatoms. The van der Waals surface area contributed by atoms with E-state index in [1.54, 1.807) is 0 Å². The van der Waals surface area contributed by atoms with Gasteiger partial charge < -0.3 is 23.3 Å². The van der Waals surface area contributed by atoms with Gasteiger partial charge in [0.05, 0.1) is 0 Å². The summed E-state index contributed by atoms with van der Waals surface area (Å²) in [5.74, 6) is 0. The molecule has 0 aliphatic heterocycles. The second-order valence-corrected chi connectivity index (χ2v) is 0. The summed E-state index contributed by atoms with van der Waals surface area (Å²) in [6.07, 6.45) is 0. The van der Waals surface area contributed by atoms with Gasteiger partial charge in [0.15, 0.2) is 0 Å². The van der Waals surface area contributed by atoms with Gasteiger partial charge >= 0.3 is 59.1 Å². The molecule has 0 saturated heterocycles. The molecule has 0 fully saturated rings. The molecule has 0 aliphatic rings. The van der Waals surface area contributed by atoms with Crippen LogP contribution in [-0.4, -0.2) is 21.9 Å². The van der Waals surface area contributed by atoms with Crippen molar-refractivity contribution in [2.75, 3.05) is 0 Å². The van der Waals surface area contributed by atoms with Crippen LogP contribution in [-0.2, 0) is 0 Å². The molecule has 4 nitrogen and oxygen atoms in total. The largest absolute Gasteiger partial charge is 1.00 e. The molecule has 0 radical (unpaired) electrons. The van der Waals surface area contributed by atoms with Gasteiger partial charge in [0.1, 0.15) is 0 Å². The van der Waals surface area contributed by atoms with E-state index >= 15 is 0 Å². The molecule has 0 aromatic carbocycles. The van der Waals surface area contributed by atoms with Crippen molar-refractivity contribution in [1.29, 1.82) is 0 Å². The third-order valence-corrected chi connectivity index (χ3v) is 0. The fourth-order valence-corrected chi connectivity index (χ4v) is 0. The average Bonchev–Trinajstić information content (AvgIpc) is 0. The maximum atomic E-state index is 0. The van der Waals surface area contributed by atoms with Crippen LogP contribution in [0.2, 0.25) is 0 Å². The summed E-state index contributed by atoms with van der Waals surface area (Å²) in [6.45, 7) is 0. The summed E-state index contributed by atoms with van der Waals surface area (Å²) in [5, 5.41) is 0. The van der Waals surface area contributed by atoms with Crippen LogP contribution >= 0.6 is 0 Å². The molecule has 0 spiro atoms. The number of hydrogen-bond acceptors (Lipinski definition) is 1. The molecule has 0 rings (SSSR count). The first-order valence-corrected chi connectivity index (χ1v) is 0. The summed E-state index contributed by atoms with van der Waals surface area (Å²) in [7, 11) is 0. The molecule has 0 aromatic heterocycles. The quantitative estimate of drug-likeness (QED) is 0.304. The van der Waals surface area contributed by atoms with Gasteiger partial charge in [-0.25, -0.2) is 0 Å². The minimum atomic E-state index is 0. The molecule has 0 unspecified atom stereocenters. The van der Waals surface area contributed by atoms with E-state index < -0.39 is 0 Å². The zero-order chi connectivity index (χ0) is 0. The van der Waals surface area contributed by atoms with Gasteiger partial charge in [0.25, 0.3) is 0 Å². The first kappa shape index (κ1) is 160. The van der Waals surface area contributed by atoms with Crippen LogP contribution in [0.3, 0.4) is 0 Å². The molecular weight excluding hydrogens is 122 g/mol. The fourth-order valence-electron chi connectivity index (χ4n) is 0. The van der Waals surface area contributed by atoms with E-state index in [-0.39, 0.29) is 94.2 Å². The van der Waals surface area contributed by atoms with Gasteiger partial charge in [-0.2, -0.15) is 0 Å². The summed E-state index contributed by atoms with van der Waals surface area (Å²) in [4.78, 5) is 0. The second kappa shape index (κ2) is 108. The maximum Gasteiger partial charge on any atom is 1.00 e. The first-order chi connectivity index (χ1) is 0. The number of rotatable bonds is 0. The van der Waals surface area contributed by atoms with Crippen LogP contribution in [0.1, 0.15) is 13.1 Å². The Kier molecular flexibility index (Phi) is 2480. The monoisotopic (exact) mass is 140 g/mol. The van der Waals surface area contributed by atoms with Crippen molar-refractivity contribution in [3.05, 3.63) is 0 Å². The molecule has 0 bridgehead atoms. The van der Waals surface area contributed by atoms with Crippen molar-refractivity contribution in [2.45, 2.75) is 7.43 Å². The Balaban J connectivity index is 0. The van der Waals surface area contributed by atoms with Gasteiger partial charge in [-0.1, -0.05) is 7.43 Å². The standard InChI is InChI=1S/CH4.2Na.4H2O.3H2.H/h1H4;;;4*1H2;3*1H;/q;2*+1;;;;;;;;-1/p-1. The Morgan fingerprint density at radius 1 is 0.857 bits per heavy atom. The van der Waals surface area contributed by atoms with E-state index in [1.807, 2.05) is 0 Å². The van der Waals surface area contributed by atoms with Crippen LogP contribution in [0.4, 0.5) is 0 Å². The third-order valence-electron chi connectivity index (χ3n) is 0. The second-order valence-electron chi connectivity index (χ2n) is 0. The summed E-state index contributed by atoms with van der Waals surface area (Å²) in [6, 6.07) is 0. The zero-order valence-electron chi connectivity index (χ0n) is 4.95. The molecule has 0 heterocycles. The van der Waals surface area contributed by atoms with Crippen molar-refractivity contribution in [2.24, 2.45) is 0 Å².